The largest absolute Gasteiger partial charge is 0.380 e. The van der Waals surface area contributed by atoms with E-state index >= 15 is 0 Å². The molecule has 0 aliphatic carbocycles. The number of ether oxygens (including phenoxy) is 1. The number of rotatable bonds is 7. The van der Waals surface area contributed by atoms with Gasteiger partial charge in [-0.1, -0.05) is 23.8 Å². The molecule has 3 N–H and O–H groups in total. The fourth-order valence-corrected chi connectivity index (χ4v) is 2.26. The molecule has 0 heterocycles. The monoisotopic (exact) mass is 314 g/mol. The molecule has 0 saturated heterocycles. The van der Waals surface area contributed by atoms with Crippen LogP contribution in [0.25, 0.3) is 0 Å². The second-order valence-electron chi connectivity index (χ2n) is 5.40. The molecule has 1 aromatic carbocycles. The predicted molar refractivity (Wildman–Crippen MR) is 88.9 cm³/mol. The summed E-state index contributed by atoms with van der Waals surface area (Å²) in [6.45, 7) is 6.56. The Morgan fingerprint density at radius 3 is 2.57 bits per heavy atom. The molecule has 0 aliphatic rings. The number of benzene rings is 1. The summed E-state index contributed by atoms with van der Waals surface area (Å²) in [5, 5.41) is 2.99. The summed E-state index contributed by atoms with van der Waals surface area (Å²) in [5.74, 6) is -0.0143. The van der Waals surface area contributed by atoms with Gasteiger partial charge in [-0.2, -0.15) is 0 Å². The van der Waals surface area contributed by atoms with Crippen molar-refractivity contribution in [1.82, 2.24) is 5.32 Å². The van der Waals surface area contributed by atoms with E-state index in [4.69, 9.17) is 10.5 Å². The Morgan fingerprint density at radius 2 is 2.05 bits per heavy atom. The molecule has 0 aliphatic heterocycles. The Hall–Kier alpha value is -1.10. The van der Waals surface area contributed by atoms with Gasteiger partial charge in [0.2, 0.25) is 5.91 Å². The van der Waals surface area contributed by atoms with Crippen molar-refractivity contribution in [2.24, 2.45) is 5.73 Å². The summed E-state index contributed by atoms with van der Waals surface area (Å²) in [6, 6.07) is 6.50. The molecular formula is C16H27ClN2O2. The third kappa shape index (κ3) is 6.93. The fourth-order valence-electron chi connectivity index (χ4n) is 2.26. The van der Waals surface area contributed by atoms with E-state index in [0.29, 0.717) is 13.0 Å². The molecule has 5 heteroatoms. The molecule has 0 bridgehead atoms. The minimum absolute atomic E-state index is 0. The average Bonchev–Trinajstić information content (AvgIpc) is 2.39. The van der Waals surface area contributed by atoms with Crippen LogP contribution in [-0.2, 0) is 16.0 Å². The van der Waals surface area contributed by atoms with E-state index in [2.05, 4.69) is 37.4 Å². The van der Waals surface area contributed by atoms with E-state index in [1.54, 1.807) is 7.11 Å². The quantitative estimate of drug-likeness (QED) is 0.810. The lowest BCUT2D eigenvalue weighted by atomic mass is 10.00. The van der Waals surface area contributed by atoms with Crippen molar-refractivity contribution in [3.05, 3.63) is 34.9 Å². The Labute approximate surface area is 133 Å². The summed E-state index contributed by atoms with van der Waals surface area (Å²) >= 11 is 0. The van der Waals surface area contributed by atoms with E-state index < -0.39 is 0 Å². The minimum Gasteiger partial charge on any atom is -0.380 e. The van der Waals surface area contributed by atoms with Crippen molar-refractivity contribution in [3.63, 3.8) is 0 Å². The van der Waals surface area contributed by atoms with Crippen LogP contribution >= 0.6 is 12.4 Å². The molecule has 0 fully saturated rings. The SMILES string of the molecule is COC(CN)CC(=O)NC(C)Cc1ccc(C)cc1C.Cl. The van der Waals surface area contributed by atoms with Crippen LogP contribution in [0, 0.1) is 13.8 Å². The Morgan fingerprint density at radius 1 is 1.38 bits per heavy atom. The fraction of sp³-hybridized carbons (Fsp3) is 0.562. The second-order valence-corrected chi connectivity index (χ2v) is 5.40. The van der Waals surface area contributed by atoms with E-state index in [-0.39, 0.29) is 30.5 Å². The third-order valence-corrected chi connectivity index (χ3v) is 3.44. The van der Waals surface area contributed by atoms with Gasteiger partial charge in [0.1, 0.15) is 0 Å². The second kappa shape index (κ2) is 9.77. The molecular weight excluding hydrogens is 288 g/mol. The van der Waals surface area contributed by atoms with Gasteiger partial charge in [-0.15, -0.1) is 12.4 Å². The number of methoxy groups -OCH3 is 1. The van der Waals surface area contributed by atoms with Crippen LogP contribution in [-0.4, -0.2) is 31.7 Å². The number of halogens is 1. The zero-order chi connectivity index (χ0) is 15.1. The lowest BCUT2D eigenvalue weighted by Gasteiger charge is -2.18. The van der Waals surface area contributed by atoms with Crippen molar-refractivity contribution >= 4 is 18.3 Å². The van der Waals surface area contributed by atoms with Crippen molar-refractivity contribution in [2.45, 2.75) is 45.8 Å². The molecule has 1 amide bonds. The van der Waals surface area contributed by atoms with Gasteiger partial charge < -0.3 is 15.8 Å². The van der Waals surface area contributed by atoms with Crippen LogP contribution in [0.3, 0.4) is 0 Å². The van der Waals surface area contributed by atoms with Crippen LogP contribution < -0.4 is 11.1 Å². The van der Waals surface area contributed by atoms with Crippen molar-refractivity contribution in [3.8, 4) is 0 Å². The molecule has 2 unspecified atom stereocenters. The number of nitrogens with one attached hydrogen (secondary N) is 1. The number of nitrogens with two attached hydrogens (primary N) is 1. The number of amides is 1. The maximum absolute atomic E-state index is 11.9. The number of aryl methyl sites for hydroxylation is 2. The van der Waals surface area contributed by atoms with Gasteiger partial charge in [0.25, 0.3) is 0 Å². The van der Waals surface area contributed by atoms with Gasteiger partial charge in [0, 0.05) is 19.7 Å². The van der Waals surface area contributed by atoms with Crippen LogP contribution in [0.15, 0.2) is 18.2 Å². The number of hydrogen-bond acceptors (Lipinski definition) is 3. The summed E-state index contributed by atoms with van der Waals surface area (Å²) in [7, 11) is 1.57. The first-order valence-corrected chi connectivity index (χ1v) is 7.04. The standard InChI is InChI=1S/C16H26N2O2.ClH/c1-11-5-6-14(12(2)7-11)8-13(3)18-16(19)9-15(10-17)20-4;/h5-7,13,15H,8-10,17H2,1-4H3,(H,18,19);1H. The average molecular weight is 315 g/mol. The highest BCUT2D eigenvalue weighted by Gasteiger charge is 2.14. The summed E-state index contributed by atoms with van der Waals surface area (Å²) in [6.07, 6.45) is 0.936. The molecule has 1 rings (SSSR count). The van der Waals surface area contributed by atoms with Gasteiger partial charge in [-0.05, 0) is 38.3 Å². The van der Waals surface area contributed by atoms with Crippen molar-refractivity contribution in [2.75, 3.05) is 13.7 Å². The van der Waals surface area contributed by atoms with Crippen molar-refractivity contribution in [1.29, 1.82) is 0 Å². The molecule has 21 heavy (non-hydrogen) atoms. The Kier molecular flexibility index (Phi) is 9.26. The van der Waals surface area contributed by atoms with Crippen molar-refractivity contribution < 1.29 is 9.53 Å². The maximum atomic E-state index is 11.9. The third-order valence-electron chi connectivity index (χ3n) is 3.44. The molecule has 0 radical (unpaired) electrons. The zero-order valence-corrected chi connectivity index (χ0v) is 14.1. The van der Waals surface area contributed by atoms with Gasteiger partial charge in [-0.25, -0.2) is 0 Å². The van der Waals surface area contributed by atoms with E-state index in [9.17, 15) is 4.79 Å². The lowest BCUT2D eigenvalue weighted by Crippen LogP contribution is -2.38. The van der Waals surface area contributed by atoms with E-state index in [1.165, 1.54) is 16.7 Å². The molecule has 0 spiro atoms. The predicted octanol–water partition coefficient (Wildman–Crippen LogP) is 2.14. The maximum Gasteiger partial charge on any atom is 0.222 e. The minimum atomic E-state index is -0.205. The van der Waals surface area contributed by atoms with Crippen LogP contribution in [0.2, 0.25) is 0 Å². The molecule has 120 valence electrons. The van der Waals surface area contributed by atoms with Gasteiger partial charge in [0.05, 0.1) is 12.5 Å². The number of carbonyl (C=O) groups is 1. The van der Waals surface area contributed by atoms with Gasteiger partial charge in [0.15, 0.2) is 0 Å². The van der Waals surface area contributed by atoms with Gasteiger partial charge >= 0.3 is 0 Å². The first kappa shape index (κ1) is 19.9. The number of hydrogen-bond donors (Lipinski definition) is 2. The molecule has 4 nitrogen and oxygen atoms in total. The van der Waals surface area contributed by atoms with Crippen LogP contribution in [0.4, 0.5) is 0 Å². The lowest BCUT2D eigenvalue weighted by molar-refractivity contribution is -0.123. The normalized spacial score (nSPS) is 13.2. The first-order valence-electron chi connectivity index (χ1n) is 7.04. The zero-order valence-electron chi connectivity index (χ0n) is 13.3. The highest BCUT2D eigenvalue weighted by Crippen LogP contribution is 2.12. The Bertz CT molecular complexity index is 448. The summed E-state index contributed by atoms with van der Waals surface area (Å²) in [4.78, 5) is 11.9. The molecule has 0 saturated carbocycles. The van der Waals surface area contributed by atoms with Crippen LogP contribution in [0.5, 0.6) is 0 Å². The van der Waals surface area contributed by atoms with Crippen LogP contribution in [0.1, 0.15) is 30.0 Å². The highest BCUT2D eigenvalue weighted by atomic mass is 35.5. The van der Waals surface area contributed by atoms with E-state index in [0.717, 1.165) is 6.42 Å². The topological polar surface area (TPSA) is 64.3 Å². The molecule has 0 aromatic heterocycles. The van der Waals surface area contributed by atoms with Gasteiger partial charge in [-0.3, -0.25) is 4.79 Å². The Balaban J connectivity index is 0.00000400. The number of carbonyl (C=O) groups excluding carboxylic acids is 1. The smallest absolute Gasteiger partial charge is 0.222 e. The first-order chi connectivity index (χ1) is 9.46. The molecule has 2 atom stereocenters. The molecule has 1 aromatic rings. The summed E-state index contributed by atoms with van der Waals surface area (Å²) in [5.41, 5.74) is 9.31. The van der Waals surface area contributed by atoms with E-state index in [1.807, 2.05) is 6.92 Å². The summed E-state index contributed by atoms with van der Waals surface area (Å²) < 4.78 is 5.12. The highest BCUT2D eigenvalue weighted by molar-refractivity contribution is 5.85.